The van der Waals surface area contributed by atoms with Crippen LogP contribution in [0.4, 0.5) is 5.69 Å². The highest BCUT2D eigenvalue weighted by atomic mass is 16.3. The average Bonchev–Trinajstić information content (AvgIpc) is 2.77. The number of pyridine rings is 1. The molecule has 1 aromatic rings. The van der Waals surface area contributed by atoms with Gasteiger partial charge in [-0.1, -0.05) is 0 Å². The number of aliphatic hydroxyl groups excluding tert-OH is 1. The highest BCUT2D eigenvalue weighted by molar-refractivity contribution is 5.62. The molecule has 0 radical (unpaired) electrons. The van der Waals surface area contributed by atoms with Crippen LogP contribution < -0.4 is 4.90 Å². The normalized spacial score (nSPS) is 19.0. The van der Waals surface area contributed by atoms with Crippen molar-refractivity contribution in [3.8, 4) is 6.07 Å². The summed E-state index contributed by atoms with van der Waals surface area (Å²) in [6, 6.07) is 4.25. The van der Waals surface area contributed by atoms with E-state index < -0.39 is 0 Å². The Hall–Kier alpha value is -1.60. The van der Waals surface area contributed by atoms with Gasteiger partial charge in [0.2, 0.25) is 0 Å². The number of aromatic nitrogens is 1. The van der Waals surface area contributed by atoms with E-state index in [0.29, 0.717) is 11.5 Å². The first kappa shape index (κ1) is 12.8. The molecule has 1 saturated heterocycles. The number of aryl methyl sites for hydroxylation is 2. The van der Waals surface area contributed by atoms with Crippen LogP contribution in [0.15, 0.2) is 6.07 Å². The molecule has 0 saturated carbocycles. The molecule has 2 rings (SSSR count). The molecule has 1 atom stereocenters. The molecular weight excluding hydrogens is 226 g/mol. The van der Waals surface area contributed by atoms with Crippen molar-refractivity contribution in [3.63, 3.8) is 0 Å². The van der Waals surface area contributed by atoms with Crippen LogP contribution in [-0.4, -0.2) is 29.8 Å². The Balaban J connectivity index is 2.27. The zero-order valence-corrected chi connectivity index (χ0v) is 11.0. The molecule has 1 aliphatic heterocycles. The summed E-state index contributed by atoms with van der Waals surface area (Å²) in [5.74, 6) is 0.537. The van der Waals surface area contributed by atoms with Crippen molar-refractivity contribution < 1.29 is 5.11 Å². The molecule has 0 spiro atoms. The molecule has 1 fully saturated rings. The zero-order valence-electron chi connectivity index (χ0n) is 11.0. The van der Waals surface area contributed by atoms with E-state index in [1.807, 2.05) is 19.9 Å². The van der Waals surface area contributed by atoms with Crippen molar-refractivity contribution in [1.29, 1.82) is 5.26 Å². The smallest absolute Gasteiger partial charge is 0.103 e. The van der Waals surface area contributed by atoms with Crippen molar-refractivity contribution in [2.24, 2.45) is 5.92 Å². The lowest BCUT2D eigenvalue weighted by atomic mass is 10.1. The fraction of sp³-hybridized carbons (Fsp3) is 0.571. The fourth-order valence-electron chi connectivity index (χ4n) is 2.67. The van der Waals surface area contributed by atoms with Crippen molar-refractivity contribution >= 4 is 5.69 Å². The molecule has 96 valence electrons. The van der Waals surface area contributed by atoms with Gasteiger partial charge in [-0.25, -0.2) is 0 Å². The van der Waals surface area contributed by atoms with Crippen LogP contribution in [0.2, 0.25) is 0 Å². The Bertz CT molecular complexity index is 479. The molecular formula is C14H19N3O. The van der Waals surface area contributed by atoms with Crippen LogP contribution in [0.5, 0.6) is 0 Å². The number of nitrogens with zero attached hydrogens (tertiary/aromatic N) is 3. The second kappa shape index (κ2) is 5.36. The summed E-state index contributed by atoms with van der Waals surface area (Å²) in [6.45, 7) is 5.98. The number of aliphatic hydroxyl groups is 1. The van der Waals surface area contributed by atoms with Crippen LogP contribution in [0.1, 0.15) is 29.8 Å². The number of rotatable bonds is 3. The second-order valence-corrected chi connectivity index (χ2v) is 4.97. The Morgan fingerprint density at radius 1 is 1.56 bits per heavy atom. The summed E-state index contributed by atoms with van der Waals surface area (Å²) in [7, 11) is 0. The van der Waals surface area contributed by atoms with E-state index in [1.165, 1.54) is 0 Å². The van der Waals surface area contributed by atoms with Gasteiger partial charge in [0, 0.05) is 25.4 Å². The Kier molecular flexibility index (Phi) is 3.83. The van der Waals surface area contributed by atoms with E-state index in [9.17, 15) is 5.26 Å². The van der Waals surface area contributed by atoms with E-state index in [2.05, 4.69) is 16.0 Å². The van der Waals surface area contributed by atoms with Gasteiger partial charge in [-0.2, -0.15) is 5.26 Å². The lowest BCUT2D eigenvalue weighted by molar-refractivity contribution is 0.263. The third-order valence-electron chi connectivity index (χ3n) is 3.58. The molecule has 18 heavy (non-hydrogen) atoms. The molecule has 2 heterocycles. The molecule has 0 aliphatic carbocycles. The monoisotopic (exact) mass is 245 g/mol. The molecule has 4 heteroatoms. The molecule has 1 unspecified atom stereocenters. The third kappa shape index (κ3) is 2.46. The SMILES string of the molecule is Cc1cc(N2CCC(CCO)C2)c(C#N)c(C)n1. The minimum absolute atomic E-state index is 0.248. The second-order valence-electron chi connectivity index (χ2n) is 4.97. The molecule has 1 aromatic heterocycles. The third-order valence-corrected chi connectivity index (χ3v) is 3.58. The molecule has 4 nitrogen and oxygen atoms in total. The van der Waals surface area contributed by atoms with Gasteiger partial charge in [-0.15, -0.1) is 0 Å². The first-order valence-electron chi connectivity index (χ1n) is 6.40. The number of hydrogen-bond acceptors (Lipinski definition) is 4. The number of anilines is 1. The summed E-state index contributed by atoms with van der Waals surface area (Å²) in [4.78, 5) is 6.59. The minimum Gasteiger partial charge on any atom is -0.396 e. The fourth-order valence-corrected chi connectivity index (χ4v) is 2.67. The van der Waals surface area contributed by atoms with Gasteiger partial charge in [0.25, 0.3) is 0 Å². The summed E-state index contributed by atoms with van der Waals surface area (Å²) >= 11 is 0. The topological polar surface area (TPSA) is 60.1 Å². The van der Waals surface area contributed by atoms with E-state index in [0.717, 1.165) is 43.0 Å². The van der Waals surface area contributed by atoms with Crippen LogP contribution in [-0.2, 0) is 0 Å². The molecule has 0 bridgehead atoms. The van der Waals surface area contributed by atoms with Crippen LogP contribution in [0.3, 0.4) is 0 Å². The van der Waals surface area contributed by atoms with Crippen molar-refractivity contribution in [1.82, 2.24) is 4.98 Å². The maximum Gasteiger partial charge on any atom is 0.103 e. The van der Waals surface area contributed by atoms with Gasteiger partial charge in [-0.05, 0) is 38.7 Å². The largest absolute Gasteiger partial charge is 0.396 e. The Morgan fingerprint density at radius 3 is 3.00 bits per heavy atom. The van der Waals surface area contributed by atoms with Gasteiger partial charge in [0.1, 0.15) is 6.07 Å². The highest BCUT2D eigenvalue weighted by Gasteiger charge is 2.24. The predicted octanol–water partition coefficient (Wildman–Crippen LogP) is 1.78. The van der Waals surface area contributed by atoms with E-state index >= 15 is 0 Å². The van der Waals surface area contributed by atoms with Gasteiger partial charge in [0.05, 0.1) is 16.9 Å². The quantitative estimate of drug-likeness (QED) is 0.881. The van der Waals surface area contributed by atoms with E-state index in [1.54, 1.807) is 0 Å². The highest BCUT2D eigenvalue weighted by Crippen LogP contribution is 2.29. The van der Waals surface area contributed by atoms with Crippen LogP contribution in [0, 0.1) is 31.1 Å². The Labute approximate surface area is 108 Å². The van der Waals surface area contributed by atoms with Crippen LogP contribution >= 0.6 is 0 Å². The summed E-state index contributed by atoms with van der Waals surface area (Å²) in [6.07, 6.45) is 1.94. The zero-order chi connectivity index (χ0) is 13.1. The molecule has 1 N–H and O–H groups in total. The van der Waals surface area contributed by atoms with Gasteiger partial charge in [0.15, 0.2) is 0 Å². The van der Waals surface area contributed by atoms with Crippen molar-refractivity contribution in [3.05, 3.63) is 23.0 Å². The summed E-state index contributed by atoms with van der Waals surface area (Å²) in [5.41, 5.74) is 3.44. The van der Waals surface area contributed by atoms with Gasteiger partial charge >= 0.3 is 0 Å². The number of hydrogen-bond donors (Lipinski definition) is 1. The standard InChI is InChI=1S/C14H19N3O/c1-10-7-14(13(8-15)11(2)16-10)17-5-3-12(9-17)4-6-18/h7,12,18H,3-6,9H2,1-2H3. The maximum atomic E-state index is 9.26. The molecule has 0 amide bonds. The maximum absolute atomic E-state index is 9.26. The van der Waals surface area contributed by atoms with E-state index in [-0.39, 0.29) is 6.61 Å². The lowest BCUT2D eigenvalue weighted by Gasteiger charge is -2.21. The van der Waals surface area contributed by atoms with E-state index in [4.69, 9.17) is 5.11 Å². The lowest BCUT2D eigenvalue weighted by Crippen LogP contribution is -2.21. The predicted molar refractivity (Wildman–Crippen MR) is 70.4 cm³/mol. The van der Waals surface area contributed by atoms with Crippen molar-refractivity contribution in [2.75, 3.05) is 24.6 Å². The van der Waals surface area contributed by atoms with Crippen molar-refractivity contribution in [2.45, 2.75) is 26.7 Å². The molecule has 1 aliphatic rings. The summed E-state index contributed by atoms with van der Waals surface area (Å²) < 4.78 is 0. The van der Waals surface area contributed by atoms with Gasteiger partial charge in [-0.3, -0.25) is 4.98 Å². The van der Waals surface area contributed by atoms with Crippen LogP contribution in [0.25, 0.3) is 0 Å². The molecule has 0 aromatic carbocycles. The average molecular weight is 245 g/mol. The minimum atomic E-state index is 0.248. The first-order valence-corrected chi connectivity index (χ1v) is 6.40. The number of nitriles is 1. The Morgan fingerprint density at radius 2 is 2.33 bits per heavy atom. The van der Waals surface area contributed by atoms with Gasteiger partial charge < -0.3 is 10.0 Å². The first-order chi connectivity index (χ1) is 8.65. The summed E-state index contributed by atoms with van der Waals surface area (Å²) in [5, 5.41) is 18.3.